The van der Waals surface area contributed by atoms with E-state index in [1.807, 2.05) is 29.9 Å². The van der Waals surface area contributed by atoms with Gasteiger partial charge in [-0.2, -0.15) is 0 Å². The Morgan fingerprint density at radius 1 is 1.28 bits per heavy atom. The normalized spacial score (nSPS) is 20.7. The monoisotopic (exact) mass is 415 g/mol. The van der Waals surface area contributed by atoms with Crippen LogP contribution in [0.3, 0.4) is 0 Å². The summed E-state index contributed by atoms with van der Waals surface area (Å²) in [7, 11) is 2.01. The molecule has 2 aromatic rings. The molecular weight excluding hydrogens is 382 g/mol. The molecule has 0 bridgehead atoms. The summed E-state index contributed by atoms with van der Waals surface area (Å²) in [5.41, 5.74) is 0. The number of aryl methyl sites for hydroxylation is 1. The lowest BCUT2D eigenvalue weighted by molar-refractivity contribution is 0.281. The SMILES string of the molecule is Cc1nnc(CN=C(NCCc2cccs2)N2CCC(CN3CCCC3)C2)n1C. The summed E-state index contributed by atoms with van der Waals surface area (Å²) in [6.07, 6.45) is 5.02. The molecule has 2 aliphatic rings. The lowest BCUT2D eigenvalue weighted by atomic mass is 10.1. The van der Waals surface area contributed by atoms with E-state index < -0.39 is 0 Å². The zero-order chi connectivity index (χ0) is 20.1. The average Bonchev–Trinajstić information content (AvgIpc) is 3.51. The van der Waals surface area contributed by atoms with Crippen molar-refractivity contribution in [3.05, 3.63) is 34.0 Å². The number of guanidine groups is 1. The van der Waals surface area contributed by atoms with Crippen molar-refractivity contribution in [2.45, 2.75) is 39.2 Å². The highest BCUT2D eigenvalue weighted by molar-refractivity contribution is 7.09. The van der Waals surface area contributed by atoms with E-state index in [0.717, 1.165) is 49.6 Å². The van der Waals surface area contributed by atoms with Crippen LogP contribution < -0.4 is 5.32 Å². The molecule has 0 saturated carbocycles. The Morgan fingerprint density at radius 3 is 2.86 bits per heavy atom. The molecule has 8 heteroatoms. The van der Waals surface area contributed by atoms with Crippen molar-refractivity contribution in [2.75, 3.05) is 39.3 Å². The van der Waals surface area contributed by atoms with E-state index in [1.165, 1.54) is 43.8 Å². The molecule has 158 valence electrons. The first-order chi connectivity index (χ1) is 14.2. The molecule has 2 aliphatic heterocycles. The molecule has 4 heterocycles. The van der Waals surface area contributed by atoms with Crippen LogP contribution in [0.1, 0.15) is 35.8 Å². The van der Waals surface area contributed by atoms with Crippen molar-refractivity contribution >= 4 is 17.3 Å². The van der Waals surface area contributed by atoms with E-state index in [9.17, 15) is 0 Å². The van der Waals surface area contributed by atoms with Gasteiger partial charge in [0.1, 0.15) is 12.4 Å². The Hall–Kier alpha value is -1.93. The van der Waals surface area contributed by atoms with Gasteiger partial charge in [-0.3, -0.25) is 0 Å². The first kappa shape index (κ1) is 20.3. The quantitative estimate of drug-likeness (QED) is 0.555. The predicted molar refractivity (Wildman–Crippen MR) is 118 cm³/mol. The minimum atomic E-state index is 0.561. The second-order valence-electron chi connectivity index (χ2n) is 8.23. The third kappa shape index (κ3) is 5.36. The van der Waals surface area contributed by atoms with Crippen LogP contribution in [0.4, 0.5) is 0 Å². The second kappa shape index (κ2) is 9.71. The Kier molecular flexibility index (Phi) is 6.82. The molecule has 1 atom stereocenters. The van der Waals surface area contributed by atoms with E-state index in [1.54, 1.807) is 0 Å². The third-order valence-corrected chi connectivity index (χ3v) is 7.02. The topological polar surface area (TPSA) is 61.6 Å². The van der Waals surface area contributed by atoms with E-state index in [-0.39, 0.29) is 0 Å². The number of thiophene rings is 1. The first-order valence-corrected chi connectivity index (χ1v) is 11.7. The van der Waals surface area contributed by atoms with Crippen LogP contribution >= 0.6 is 11.3 Å². The molecule has 4 rings (SSSR count). The van der Waals surface area contributed by atoms with Crippen LogP contribution in [0.15, 0.2) is 22.5 Å². The number of likely N-dealkylation sites (tertiary alicyclic amines) is 2. The Morgan fingerprint density at radius 2 is 2.14 bits per heavy atom. The van der Waals surface area contributed by atoms with Crippen LogP contribution in [0.5, 0.6) is 0 Å². The molecule has 0 spiro atoms. The van der Waals surface area contributed by atoms with Crippen LogP contribution in [-0.4, -0.2) is 69.8 Å². The van der Waals surface area contributed by atoms with Crippen molar-refractivity contribution in [2.24, 2.45) is 18.0 Å². The highest BCUT2D eigenvalue weighted by Gasteiger charge is 2.27. The fraction of sp³-hybridized carbons (Fsp3) is 0.667. The van der Waals surface area contributed by atoms with Crippen molar-refractivity contribution in [1.29, 1.82) is 0 Å². The zero-order valence-electron chi connectivity index (χ0n) is 17.7. The molecule has 0 radical (unpaired) electrons. The highest BCUT2D eigenvalue weighted by Crippen LogP contribution is 2.20. The van der Waals surface area contributed by atoms with Gasteiger partial charge >= 0.3 is 0 Å². The average molecular weight is 416 g/mol. The number of hydrogen-bond donors (Lipinski definition) is 1. The molecule has 2 saturated heterocycles. The molecule has 0 amide bonds. The summed E-state index contributed by atoms with van der Waals surface area (Å²) in [6.45, 7) is 9.42. The molecule has 2 fully saturated rings. The van der Waals surface area contributed by atoms with Gasteiger partial charge in [-0.25, -0.2) is 4.99 Å². The lowest BCUT2D eigenvalue weighted by Crippen LogP contribution is -2.41. The fourth-order valence-corrected chi connectivity index (χ4v) is 4.97. The van der Waals surface area contributed by atoms with E-state index in [0.29, 0.717) is 6.54 Å². The minimum Gasteiger partial charge on any atom is -0.356 e. The summed E-state index contributed by atoms with van der Waals surface area (Å²) in [4.78, 5) is 11.4. The summed E-state index contributed by atoms with van der Waals surface area (Å²) >= 11 is 1.82. The summed E-state index contributed by atoms with van der Waals surface area (Å²) in [6, 6.07) is 4.32. The van der Waals surface area contributed by atoms with Crippen molar-refractivity contribution < 1.29 is 0 Å². The zero-order valence-corrected chi connectivity index (χ0v) is 18.5. The van der Waals surface area contributed by atoms with E-state index in [2.05, 4.69) is 42.8 Å². The molecule has 7 nitrogen and oxygen atoms in total. The van der Waals surface area contributed by atoms with Gasteiger partial charge in [-0.1, -0.05) is 6.07 Å². The van der Waals surface area contributed by atoms with E-state index in [4.69, 9.17) is 4.99 Å². The van der Waals surface area contributed by atoms with Crippen LogP contribution in [-0.2, 0) is 20.0 Å². The number of nitrogens with one attached hydrogen (secondary N) is 1. The standard InChI is InChI=1S/C21H33N7S/c1-17-24-25-20(26(17)2)14-23-21(22-9-7-19-6-5-13-29-19)28-12-8-18(16-28)15-27-10-3-4-11-27/h5-6,13,18H,3-4,7-12,14-16H2,1-2H3,(H,22,23). The van der Waals surface area contributed by atoms with Crippen LogP contribution in [0.25, 0.3) is 0 Å². The molecule has 29 heavy (non-hydrogen) atoms. The minimum absolute atomic E-state index is 0.561. The number of aromatic nitrogens is 3. The van der Waals surface area contributed by atoms with Crippen molar-refractivity contribution in [1.82, 2.24) is 29.9 Å². The molecule has 1 N–H and O–H groups in total. The van der Waals surface area contributed by atoms with Gasteiger partial charge in [-0.05, 0) is 63.1 Å². The number of rotatable bonds is 7. The molecule has 0 aromatic carbocycles. The van der Waals surface area contributed by atoms with E-state index >= 15 is 0 Å². The summed E-state index contributed by atoms with van der Waals surface area (Å²) < 4.78 is 2.02. The summed E-state index contributed by atoms with van der Waals surface area (Å²) in [5, 5.41) is 14.2. The smallest absolute Gasteiger partial charge is 0.194 e. The Balaban J connectivity index is 1.38. The maximum Gasteiger partial charge on any atom is 0.194 e. The van der Waals surface area contributed by atoms with Gasteiger partial charge in [0, 0.05) is 38.1 Å². The summed E-state index contributed by atoms with van der Waals surface area (Å²) in [5.74, 6) is 3.60. The molecule has 1 unspecified atom stereocenters. The largest absolute Gasteiger partial charge is 0.356 e. The van der Waals surface area contributed by atoms with Gasteiger partial charge in [0.2, 0.25) is 0 Å². The Bertz CT molecular complexity index is 792. The van der Waals surface area contributed by atoms with Gasteiger partial charge in [0.15, 0.2) is 11.8 Å². The maximum atomic E-state index is 4.93. The molecular formula is C21H33N7S. The second-order valence-corrected chi connectivity index (χ2v) is 9.26. The highest BCUT2D eigenvalue weighted by atomic mass is 32.1. The van der Waals surface area contributed by atoms with Gasteiger partial charge in [0.05, 0.1) is 0 Å². The van der Waals surface area contributed by atoms with Gasteiger partial charge in [-0.15, -0.1) is 21.5 Å². The molecule has 0 aliphatic carbocycles. The lowest BCUT2D eigenvalue weighted by Gasteiger charge is -2.23. The number of aliphatic imine (C=N–C) groups is 1. The molecule has 2 aromatic heterocycles. The predicted octanol–water partition coefficient (Wildman–Crippen LogP) is 2.29. The van der Waals surface area contributed by atoms with Crippen molar-refractivity contribution in [3.8, 4) is 0 Å². The third-order valence-electron chi connectivity index (χ3n) is 6.09. The maximum absolute atomic E-state index is 4.93. The fourth-order valence-electron chi connectivity index (χ4n) is 4.26. The van der Waals surface area contributed by atoms with Crippen LogP contribution in [0, 0.1) is 12.8 Å². The number of nitrogens with zero attached hydrogens (tertiary/aromatic N) is 6. The first-order valence-electron chi connectivity index (χ1n) is 10.8. The van der Waals surface area contributed by atoms with Crippen molar-refractivity contribution in [3.63, 3.8) is 0 Å². The number of hydrogen-bond acceptors (Lipinski definition) is 5. The van der Waals surface area contributed by atoms with Crippen LogP contribution in [0.2, 0.25) is 0 Å². The van der Waals surface area contributed by atoms with Gasteiger partial charge < -0.3 is 19.7 Å². The Labute approximate surface area is 177 Å². The van der Waals surface area contributed by atoms with Gasteiger partial charge in [0.25, 0.3) is 0 Å².